The number of anilines is 1. The van der Waals surface area contributed by atoms with Gasteiger partial charge in [0.05, 0.1) is 6.54 Å². The highest BCUT2D eigenvalue weighted by Gasteiger charge is 2.20. The normalized spacial score (nSPS) is 16.3. The molecule has 0 saturated heterocycles. The molecule has 6 nitrogen and oxygen atoms in total. The molecule has 1 N–H and O–H groups in total. The number of nitrogens with one attached hydrogen (secondary N) is 1. The molecule has 0 fully saturated rings. The van der Waals surface area contributed by atoms with Crippen molar-refractivity contribution >= 4 is 11.5 Å². The van der Waals surface area contributed by atoms with Crippen LogP contribution in [0.2, 0.25) is 0 Å². The molecule has 0 bridgehead atoms. The number of hydrogen-bond acceptors (Lipinski definition) is 5. The number of ether oxygens (including phenoxy) is 2. The second-order valence-electron chi connectivity index (χ2n) is 5.29. The Kier molecular flexibility index (Phi) is 3.34. The number of rotatable bonds is 3. The van der Waals surface area contributed by atoms with Crippen molar-refractivity contribution in [1.82, 2.24) is 9.38 Å². The van der Waals surface area contributed by atoms with E-state index in [4.69, 9.17) is 9.47 Å². The van der Waals surface area contributed by atoms with Gasteiger partial charge in [0.15, 0.2) is 11.5 Å². The van der Waals surface area contributed by atoms with Crippen molar-refractivity contribution in [3.63, 3.8) is 0 Å². The average Bonchev–Trinajstić information content (AvgIpc) is 2.60. The van der Waals surface area contributed by atoms with E-state index in [2.05, 4.69) is 10.3 Å². The summed E-state index contributed by atoms with van der Waals surface area (Å²) < 4.78 is 13.0. The molecule has 116 valence electrons. The van der Waals surface area contributed by atoms with E-state index in [1.807, 2.05) is 30.3 Å². The van der Waals surface area contributed by atoms with Gasteiger partial charge >= 0.3 is 0 Å². The Labute approximate surface area is 132 Å². The van der Waals surface area contributed by atoms with E-state index >= 15 is 0 Å². The van der Waals surface area contributed by atoms with Crippen LogP contribution in [0.5, 0.6) is 11.5 Å². The third kappa shape index (κ3) is 2.70. The number of fused-ring (bicyclic) bond motifs is 2. The molecule has 2 aromatic heterocycles. The summed E-state index contributed by atoms with van der Waals surface area (Å²) in [6.45, 7) is 0.959. The second-order valence-corrected chi connectivity index (χ2v) is 5.29. The molecule has 3 heterocycles. The molecule has 0 radical (unpaired) electrons. The van der Waals surface area contributed by atoms with E-state index in [1.165, 1.54) is 10.5 Å². The smallest absolute Gasteiger partial charge is 0.259 e. The lowest BCUT2D eigenvalue weighted by molar-refractivity contribution is 0.0997. The zero-order valence-corrected chi connectivity index (χ0v) is 12.3. The number of pyridine rings is 1. The van der Waals surface area contributed by atoms with Gasteiger partial charge in [-0.3, -0.25) is 9.20 Å². The van der Waals surface area contributed by atoms with Crippen LogP contribution in [0.4, 0.5) is 5.82 Å². The zero-order chi connectivity index (χ0) is 15.6. The first-order valence-corrected chi connectivity index (χ1v) is 7.40. The molecule has 3 aromatic rings. The van der Waals surface area contributed by atoms with Crippen molar-refractivity contribution in [1.29, 1.82) is 0 Å². The lowest BCUT2D eigenvalue weighted by Gasteiger charge is -2.26. The summed E-state index contributed by atoms with van der Waals surface area (Å²) in [7, 11) is 0. The monoisotopic (exact) mass is 309 g/mol. The van der Waals surface area contributed by atoms with Gasteiger partial charge < -0.3 is 14.8 Å². The van der Waals surface area contributed by atoms with Crippen LogP contribution in [0.25, 0.3) is 5.65 Å². The van der Waals surface area contributed by atoms with Crippen LogP contribution in [-0.2, 0) is 0 Å². The summed E-state index contributed by atoms with van der Waals surface area (Å²) in [4.78, 5) is 16.5. The van der Waals surface area contributed by atoms with Crippen LogP contribution in [0.1, 0.15) is 0 Å². The molecule has 1 unspecified atom stereocenters. The first kappa shape index (κ1) is 13.6. The predicted octanol–water partition coefficient (Wildman–Crippen LogP) is 1.95. The van der Waals surface area contributed by atoms with Gasteiger partial charge in [-0.2, -0.15) is 0 Å². The Morgan fingerprint density at radius 2 is 2.00 bits per heavy atom. The van der Waals surface area contributed by atoms with E-state index in [-0.39, 0.29) is 11.7 Å². The quantitative estimate of drug-likeness (QED) is 0.801. The Morgan fingerprint density at radius 3 is 2.91 bits per heavy atom. The van der Waals surface area contributed by atoms with Gasteiger partial charge in [0.1, 0.15) is 24.2 Å². The first-order valence-electron chi connectivity index (χ1n) is 7.40. The summed E-state index contributed by atoms with van der Waals surface area (Å²) >= 11 is 0. The highest BCUT2D eigenvalue weighted by atomic mass is 16.6. The van der Waals surface area contributed by atoms with Gasteiger partial charge in [0.25, 0.3) is 5.56 Å². The molecule has 4 rings (SSSR count). The highest BCUT2D eigenvalue weighted by molar-refractivity contribution is 5.46. The molecule has 6 heteroatoms. The summed E-state index contributed by atoms with van der Waals surface area (Å²) in [5, 5.41) is 3.15. The Morgan fingerprint density at radius 1 is 1.17 bits per heavy atom. The topological polar surface area (TPSA) is 64.9 Å². The molecule has 1 aliphatic heterocycles. The Balaban J connectivity index is 1.49. The predicted molar refractivity (Wildman–Crippen MR) is 86.3 cm³/mol. The van der Waals surface area contributed by atoms with E-state index in [0.717, 1.165) is 11.5 Å². The summed E-state index contributed by atoms with van der Waals surface area (Å²) in [5.41, 5.74) is 0.484. The largest absolute Gasteiger partial charge is 0.486 e. The van der Waals surface area contributed by atoms with Crippen LogP contribution in [0.3, 0.4) is 0 Å². The molecule has 23 heavy (non-hydrogen) atoms. The fourth-order valence-corrected chi connectivity index (χ4v) is 2.53. The highest BCUT2D eigenvalue weighted by Crippen LogP contribution is 2.30. The molecular weight excluding hydrogens is 294 g/mol. The number of nitrogens with zero attached hydrogens (tertiary/aromatic N) is 2. The molecule has 0 spiro atoms. The maximum Gasteiger partial charge on any atom is 0.259 e. The molecule has 1 aliphatic rings. The lowest BCUT2D eigenvalue weighted by Crippen LogP contribution is -2.35. The van der Waals surface area contributed by atoms with Gasteiger partial charge in [0, 0.05) is 12.3 Å². The van der Waals surface area contributed by atoms with Crippen molar-refractivity contribution in [2.24, 2.45) is 0 Å². The number of para-hydroxylation sites is 2. The fraction of sp³-hybridized carbons (Fsp3) is 0.176. The van der Waals surface area contributed by atoms with Crippen molar-refractivity contribution in [3.8, 4) is 11.5 Å². The molecule has 1 aromatic carbocycles. The molecule has 0 aliphatic carbocycles. The second kappa shape index (κ2) is 5.64. The fourth-order valence-electron chi connectivity index (χ4n) is 2.53. The van der Waals surface area contributed by atoms with Crippen molar-refractivity contribution < 1.29 is 9.47 Å². The molecule has 1 atom stereocenters. The summed E-state index contributed by atoms with van der Waals surface area (Å²) in [6.07, 6.45) is 1.56. The van der Waals surface area contributed by atoms with Crippen molar-refractivity contribution in [2.75, 3.05) is 18.5 Å². The van der Waals surface area contributed by atoms with Gasteiger partial charge in [0.2, 0.25) is 0 Å². The third-order valence-electron chi connectivity index (χ3n) is 3.65. The Hall–Kier alpha value is -3.02. The lowest BCUT2D eigenvalue weighted by atomic mass is 10.2. The first-order chi connectivity index (χ1) is 11.3. The van der Waals surface area contributed by atoms with Gasteiger partial charge in [-0.25, -0.2) is 4.98 Å². The minimum Gasteiger partial charge on any atom is -0.486 e. The van der Waals surface area contributed by atoms with E-state index in [0.29, 0.717) is 24.6 Å². The SMILES string of the molecule is O=c1cc(NCC2COc3ccccc3O2)nc2ccccn12. The van der Waals surface area contributed by atoms with Gasteiger partial charge in [-0.1, -0.05) is 18.2 Å². The summed E-state index contributed by atoms with van der Waals surface area (Å²) in [5.74, 6) is 2.02. The number of hydrogen-bond donors (Lipinski definition) is 1. The van der Waals surface area contributed by atoms with Gasteiger partial charge in [-0.05, 0) is 24.3 Å². The van der Waals surface area contributed by atoms with Gasteiger partial charge in [-0.15, -0.1) is 0 Å². The number of benzene rings is 1. The molecular formula is C17H15N3O3. The summed E-state index contributed by atoms with van der Waals surface area (Å²) in [6, 6.07) is 14.5. The van der Waals surface area contributed by atoms with Crippen molar-refractivity contribution in [2.45, 2.75) is 6.10 Å². The van der Waals surface area contributed by atoms with E-state index in [9.17, 15) is 4.79 Å². The van der Waals surface area contributed by atoms with Crippen LogP contribution in [-0.4, -0.2) is 28.6 Å². The maximum absolute atomic E-state index is 12.0. The van der Waals surface area contributed by atoms with Crippen LogP contribution in [0, 0.1) is 0 Å². The maximum atomic E-state index is 12.0. The van der Waals surface area contributed by atoms with E-state index in [1.54, 1.807) is 18.3 Å². The van der Waals surface area contributed by atoms with Crippen molar-refractivity contribution in [3.05, 3.63) is 65.1 Å². The van der Waals surface area contributed by atoms with Crippen LogP contribution < -0.4 is 20.3 Å². The van der Waals surface area contributed by atoms with E-state index < -0.39 is 0 Å². The Bertz CT molecular complexity index is 907. The number of aromatic nitrogens is 2. The minimum atomic E-state index is -0.138. The minimum absolute atomic E-state index is 0.121. The standard InChI is InChI=1S/C17H15N3O3/c21-17-9-15(19-16-7-3-4-8-20(16)17)18-10-12-11-22-13-5-1-2-6-14(13)23-12/h1-9,12,18H,10-11H2. The zero-order valence-electron chi connectivity index (χ0n) is 12.3. The third-order valence-corrected chi connectivity index (χ3v) is 3.65. The van der Waals surface area contributed by atoms with Crippen LogP contribution >= 0.6 is 0 Å². The average molecular weight is 309 g/mol. The molecule has 0 amide bonds. The molecule has 0 saturated carbocycles. The van der Waals surface area contributed by atoms with Crippen LogP contribution in [0.15, 0.2) is 59.5 Å².